The first kappa shape index (κ1) is 18.5. The Morgan fingerprint density at radius 3 is 2.50 bits per heavy atom. The Hall–Kier alpha value is -2.29. The van der Waals surface area contributed by atoms with E-state index in [0.29, 0.717) is 16.2 Å². The van der Waals surface area contributed by atoms with Gasteiger partial charge in [0.2, 0.25) is 0 Å². The first-order chi connectivity index (χ1) is 12.1. The first-order valence-electron chi connectivity index (χ1n) is 8.05. The molecule has 0 bridgehead atoms. The second-order valence-corrected chi connectivity index (χ2v) is 7.39. The van der Waals surface area contributed by atoms with Crippen LogP contribution in [-0.2, 0) is 5.67 Å². The highest BCUT2D eigenvalue weighted by molar-refractivity contribution is 7.98. The van der Waals surface area contributed by atoms with Gasteiger partial charge in [-0.25, -0.2) is 33.1 Å². The van der Waals surface area contributed by atoms with Gasteiger partial charge in [-0.3, -0.25) is 4.79 Å². The summed E-state index contributed by atoms with van der Waals surface area (Å²) in [4.78, 5) is 25.5. The number of hydrogen-bond acceptors (Lipinski definition) is 5. The first-order valence-corrected chi connectivity index (χ1v) is 9.28. The van der Waals surface area contributed by atoms with Gasteiger partial charge in [-0.2, -0.15) is 0 Å². The number of hydrogen-bond donors (Lipinski definition) is 0. The summed E-state index contributed by atoms with van der Waals surface area (Å²) < 4.78 is 31.4. The Bertz CT molecular complexity index is 1040. The number of halogens is 2. The Morgan fingerprint density at radius 1 is 1.23 bits per heavy atom. The van der Waals surface area contributed by atoms with Gasteiger partial charge in [0.1, 0.15) is 22.6 Å². The van der Waals surface area contributed by atoms with Crippen LogP contribution in [0, 0.1) is 5.82 Å². The summed E-state index contributed by atoms with van der Waals surface area (Å²) >= 11 is 1.33. The summed E-state index contributed by atoms with van der Waals surface area (Å²) in [5.41, 5.74) is -2.22. The molecule has 0 aliphatic carbocycles. The van der Waals surface area contributed by atoms with Crippen LogP contribution in [0.1, 0.15) is 39.4 Å². The maximum Gasteiger partial charge on any atom is 0.278 e. The van der Waals surface area contributed by atoms with E-state index in [0.717, 1.165) is 6.07 Å². The number of fused-ring (bicyclic) bond motifs is 1. The number of pyridine rings is 1. The largest absolute Gasteiger partial charge is 0.278 e. The van der Waals surface area contributed by atoms with Gasteiger partial charge >= 0.3 is 0 Å². The number of nitrogens with zero attached hydrogens (tertiary/aromatic N) is 5. The zero-order valence-electron chi connectivity index (χ0n) is 15.1. The summed E-state index contributed by atoms with van der Waals surface area (Å²) in [7, 11) is 0. The molecule has 0 saturated heterocycles. The van der Waals surface area contributed by atoms with Crippen LogP contribution in [0.2, 0.25) is 0 Å². The van der Waals surface area contributed by atoms with Gasteiger partial charge in [0.05, 0.1) is 0 Å². The average Bonchev–Trinajstić information content (AvgIpc) is 2.86. The van der Waals surface area contributed by atoms with Crippen molar-refractivity contribution in [3.63, 3.8) is 0 Å². The van der Waals surface area contributed by atoms with E-state index in [1.807, 2.05) is 20.1 Å². The van der Waals surface area contributed by atoms with Crippen molar-refractivity contribution >= 4 is 22.8 Å². The molecule has 3 rings (SSSR count). The predicted molar refractivity (Wildman–Crippen MR) is 97.2 cm³/mol. The molecule has 0 aliphatic rings. The second kappa shape index (κ2) is 6.46. The highest BCUT2D eigenvalue weighted by Crippen LogP contribution is 2.27. The highest BCUT2D eigenvalue weighted by Gasteiger charge is 2.27. The smallest absolute Gasteiger partial charge is 0.267 e. The molecule has 0 aromatic carbocycles. The number of aromatic nitrogens is 5. The lowest BCUT2D eigenvalue weighted by molar-refractivity contribution is 0.205. The third-order valence-corrected chi connectivity index (χ3v) is 4.45. The Kier molecular flexibility index (Phi) is 4.60. The molecular weight excluding hydrogens is 360 g/mol. The van der Waals surface area contributed by atoms with Gasteiger partial charge in [-0.1, -0.05) is 11.8 Å². The zero-order chi connectivity index (χ0) is 19.2. The number of alkyl halides is 1. The van der Waals surface area contributed by atoms with Gasteiger partial charge in [0, 0.05) is 12.2 Å². The molecule has 6 nitrogen and oxygen atoms in total. The van der Waals surface area contributed by atoms with Crippen LogP contribution in [-0.4, -0.2) is 30.6 Å². The summed E-state index contributed by atoms with van der Waals surface area (Å²) in [5, 5.41) is 0.809. The molecule has 0 radical (unpaired) electrons. The number of rotatable bonds is 4. The monoisotopic (exact) mass is 379 g/mol. The third kappa shape index (κ3) is 3.00. The van der Waals surface area contributed by atoms with E-state index in [4.69, 9.17) is 0 Å². The molecule has 9 heteroatoms. The van der Waals surface area contributed by atoms with Gasteiger partial charge in [-0.05, 0) is 46.1 Å². The van der Waals surface area contributed by atoms with Crippen LogP contribution in [0.4, 0.5) is 8.78 Å². The Balaban J connectivity index is 2.41. The van der Waals surface area contributed by atoms with E-state index in [1.54, 1.807) is 0 Å². The van der Waals surface area contributed by atoms with E-state index in [2.05, 4.69) is 15.0 Å². The molecule has 0 N–H and O–H groups in total. The minimum absolute atomic E-state index is 0.219. The summed E-state index contributed by atoms with van der Waals surface area (Å²) in [5.74, 6) is -0.519. The van der Waals surface area contributed by atoms with Crippen LogP contribution >= 0.6 is 11.8 Å². The van der Waals surface area contributed by atoms with Crippen LogP contribution in [0.3, 0.4) is 0 Å². The maximum atomic E-state index is 14.4. The topological polar surface area (TPSA) is 65.6 Å². The molecular formula is C17H19F2N5OS. The third-order valence-electron chi connectivity index (χ3n) is 3.88. The van der Waals surface area contributed by atoms with Crippen LogP contribution in [0.15, 0.2) is 28.3 Å². The van der Waals surface area contributed by atoms with Crippen LogP contribution in [0.5, 0.6) is 0 Å². The molecule has 0 saturated carbocycles. The van der Waals surface area contributed by atoms with E-state index in [9.17, 15) is 13.6 Å². The Morgan fingerprint density at radius 2 is 1.92 bits per heavy atom. The predicted octanol–water partition coefficient (Wildman–Crippen LogP) is 3.62. The molecule has 0 fully saturated rings. The molecule has 3 heterocycles. The summed E-state index contributed by atoms with van der Waals surface area (Å²) in [6.45, 7) is 6.14. The molecule has 26 heavy (non-hydrogen) atoms. The fourth-order valence-electron chi connectivity index (χ4n) is 2.74. The van der Waals surface area contributed by atoms with Crippen molar-refractivity contribution in [3.8, 4) is 5.82 Å². The van der Waals surface area contributed by atoms with Crippen molar-refractivity contribution in [1.82, 2.24) is 24.3 Å². The van der Waals surface area contributed by atoms with Gasteiger partial charge in [0.25, 0.3) is 5.56 Å². The van der Waals surface area contributed by atoms with Crippen LogP contribution < -0.4 is 5.56 Å². The van der Waals surface area contributed by atoms with Gasteiger partial charge < -0.3 is 0 Å². The lowest BCUT2D eigenvalue weighted by Gasteiger charge is -2.18. The highest BCUT2D eigenvalue weighted by atomic mass is 32.2. The van der Waals surface area contributed by atoms with Crippen molar-refractivity contribution in [2.75, 3.05) is 6.26 Å². The van der Waals surface area contributed by atoms with Gasteiger partial charge in [0.15, 0.2) is 16.6 Å². The molecule has 138 valence electrons. The van der Waals surface area contributed by atoms with Crippen molar-refractivity contribution < 1.29 is 8.78 Å². The molecule has 0 amide bonds. The van der Waals surface area contributed by atoms with E-state index in [-0.39, 0.29) is 23.1 Å². The SMILES string of the molecule is CSc1ncc2c(=O)n(C(C)C)n(-c3ccc(F)c(C(C)(C)F)n3)c2n1. The second-order valence-electron chi connectivity index (χ2n) is 6.62. The van der Waals surface area contributed by atoms with E-state index in [1.165, 1.54) is 47.2 Å². The zero-order valence-corrected chi connectivity index (χ0v) is 15.9. The lowest BCUT2D eigenvalue weighted by atomic mass is 10.1. The molecule has 0 atom stereocenters. The molecule has 3 aromatic rings. The normalized spacial score (nSPS) is 12.3. The van der Waals surface area contributed by atoms with Crippen LogP contribution in [0.25, 0.3) is 16.9 Å². The van der Waals surface area contributed by atoms with Gasteiger partial charge in [-0.15, -0.1) is 0 Å². The molecule has 0 spiro atoms. The molecule has 0 aliphatic heterocycles. The Labute approximate surface area is 153 Å². The quantitative estimate of drug-likeness (QED) is 0.512. The van der Waals surface area contributed by atoms with Crippen molar-refractivity contribution in [2.45, 2.75) is 44.6 Å². The minimum atomic E-state index is -1.97. The van der Waals surface area contributed by atoms with E-state index >= 15 is 0 Å². The van der Waals surface area contributed by atoms with E-state index < -0.39 is 11.5 Å². The van der Waals surface area contributed by atoms with Crippen molar-refractivity contribution in [3.05, 3.63) is 40.2 Å². The summed E-state index contributed by atoms with van der Waals surface area (Å²) in [6, 6.07) is 2.34. The summed E-state index contributed by atoms with van der Waals surface area (Å²) in [6.07, 6.45) is 3.29. The molecule has 0 unspecified atom stereocenters. The maximum absolute atomic E-state index is 14.4. The van der Waals surface area contributed by atoms with Crippen molar-refractivity contribution in [2.24, 2.45) is 0 Å². The minimum Gasteiger partial charge on any atom is -0.267 e. The fourth-order valence-corrected chi connectivity index (χ4v) is 3.07. The molecule has 3 aromatic heterocycles. The average molecular weight is 379 g/mol. The fraction of sp³-hybridized carbons (Fsp3) is 0.412. The van der Waals surface area contributed by atoms with Crippen molar-refractivity contribution in [1.29, 1.82) is 0 Å². The lowest BCUT2D eigenvalue weighted by Crippen LogP contribution is -2.25. The number of thioether (sulfide) groups is 1. The standard InChI is InChI=1S/C17H19F2N5OS/c1-9(2)23-15(25)10-8-20-16(26-5)22-14(10)24(23)12-7-6-11(18)13(21-12)17(3,4)19/h6-9H,1-5H3.